The standard InChI is InChI=1S/C9H12O3/c1-2-8(10)6-4-3-5-7(6)9(11)12/h2,6-7H,1,3-5H2,(H,11,12). The van der Waals surface area contributed by atoms with Crippen LogP contribution in [0, 0.1) is 11.8 Å². The summed E-state index contributed by atoms with van der Waals surface area (Å²) in [5, 5.41) is 8.74. The van der Waals surface area contributed by atoms with E-state index in [0.717, 1.165) is 6.42 Å². The molecule has 2 atom stereocenters. The fourth-order valence-electron chi connectivity index (χ4n) is 1.75. The number of carbonyl (C=O) groups is 2. The van der Waals surface area contributed by atoms with Crippen LogP contribution in [0.3, 0.4) is 0 Å². The van der Waals surface area contributed by atoms with Crippen LogP contribution in [0.5, 0.6) is 0 Å². The number of hydrogen-bond acceptors (Lipinski definition) is 2. The molecule has 0 aromatic heterocycles. The van der Waals surface area contributed by atoms with E-state index in [-0.39, 0.29) is 11.7 Å². The lowest BCUT2D eigenvalue weighted by Gasteiger charge is -2.11. The molecule has 0 bridgehead atoms. The number of allylic oxidation sites excluding steroid dienone is 1. The lowest BCUT2D eigenvalue weighted by atomic mass is 9.92. The summed E-state index contributed by atoms with van der Waals surface area (Å²) in [6.45, 7) is 3.36. The highest BCUT2D eigenvalue weighted by Crippen LogP contribution is 2.32. The molecule has 66 valence electrons. The molecular weight excluding hydrogens is 156 g/mol. The SMILES string of the molecule is C=CC(=O)C1CCCC1C(=O)O. The molecule has 0 aromatic carbocycles. The number of hydrogen-bond donors (Lipinski definition) is 1. The Kier molecular flexibility index (Phi) is 2.63. The van der Waals surface area contributed by atoms with E-state index in [1.54, 1.807) is 0 Å². The Morgan fingerprint density at radius 3 is 2.42 bits per heavy atom. The van der Waals surface area contributed by atoms with E-state index < -0.39 is 11.9 Å². The first kappa shape index (κ1) is 8.97. The summed E-state index contributed by atoms with van der Waals surface area (Å²) in [4.78, 5) is 21.8. The molecule has 1 aliphatic rings. The van der Waals surface area contributed by atoms with E-state index in [1.807, 2.05) is 0 Å². The van der Waals surface area contributed by atoms with E-state index >= 15 is 0 Å². The second-order valence-corrected chi connectivity index (χ2v) is 3.09. The van der Waals surface area contributed by atoms with Gasteiger partial charge >= 0.3 is 5.97 Å². The first-order valence-electron chi connectivity index (χ1n) is 4.06. The molecule has 0 heterocycles. The highest BCUT2D eigenvalue weighted by Gasteiger charge is 2.36. The summed E-state index contributed by atoms with van der Waals surface area (Å²) in [6.07, 6.45) is 3.38. The molecule has 1 N–H and O–H groups in total. The van der Waals surface area contributed by atoms with Gasteiger partial charge in [0.05, 0.1) is 5.92 Å². The summed E-state index contributed by atoms with van der Waals surface area (Å²) in [7, 11) is 0. The fourth-order valence-corrected chi connectivity index (χ4v) is 1.75. The van der Waals surface area contributed by atoms with Crippen molar-refractivity contribution in [3.8, 4) is 0 Å². The van der Waals surface area contributed by atoms with Crippen LogP contribution < -0.4 is 0 Å². The van der Waals surface area contributed by atoms with Crippen molar-refractivity contribution < 1.29 is 14.7 Å². The van der Waals surface area contributed by atoms with Gasteiger partial charge in [-0.25, -0.2) is 0 Å². The highest BCUT2D eigenvalue weighted by molar-refractivity contribution is 5.94. The molecule has 0 radical (unpaired) electrons. The van der Waals surface area contributed by atoms with Crippen LogP contribution in [0.15, 0.2) is 12.7 Å². The second-order valence-electron chi connectivity index (χ2n) is 3.09. The van der Waals surface area contributed by atoms with E-state index in [4.69, 9.17) is 5.11 Å². The van der Waals surface area contributed by atoms with Crippen molar-refractivity contribution in [1.82, 2.24) is 0 Å². The molecule has 12 heavy (non-hydrogen) atoms. The third-order valence-electron chi connectivity index (χ3n) is 2.40. The van der Waals surface area contributed by atoms with Gasteiger partial charge in [-0.05, 0) is 18.9 Å². The molecule has 0 amide bonds. The van der Waals surface area contributed by atoms with Gasteiger partial charge in [0.25, 0.3) is 0 Å². The third kappa shape index (κ3) is 1.55. The Labute approximate surface area is 71.1 Å². The average Bonchev–Trinajstić information content (AvgIpc) is 2.50. The normalized spacial score (nSPS) is 28.3. The first-order chi connectivity index (χ1) is 5.66. The van der Waals surface area contributed by atoms with Crippen molar-refractivity contribution in [3.05, 3.63) is 12.7 Å². The predicted molar refractivity (Wildman–Crippen MR) is 43.7 cm³/mol. The van der Waals surface area contributed by atoms with Gasteiger partial charge in [-0.3, -0.25) is 9.59 Å². The molecule has 0 aliphatic heterocycles. The van der Waals surface area contributed by atoms with Gasteiger partial charge in [-0.2, -0.15) is 0 Å². The third-order valence-corrected chi connectivity index (χ3v) is 2.40. The number of carboxylic acid groups (broad SMARTS) is 1. The van der Waals surface area contributed by atoms with Crippen molar-refractivity contribution in [2.45, 2.75) is 19.3 Å². The van der Waals surface area contributed by atoms with Crippen LogP contribution >= 0.6 is 0 Å². The van der Waals surface area contributed by atoms with Crippen LogP contribution in [0.1, 0.15) is 19.3 Å². The van der Waals surface area contributed by atoms with Gasteiger partial charge < -0.3 is 5.11 Å². The maximum Gasteiger partial charge on any atom is 0.307 e. The van der Waals surface area contributed by atoms with E-state index in [0.29, 0.717) is 12.8 Å². The van der Waals surface area contributed by atoms with Crippen LogP contribution in [0.2, 0.25) is 0 Å². The minimum absolute atomic E-state index is 0.125. The zero-order chi connectivity index (χ0) is 9.14. The second kappa shape index (κ2) is 3.52. The quantitative estimate of drug-likeness (QED) is 0.645. The van der Waals surface area contributed by atoms with E-state index in [1.165, 1.54) is 6.08 Å². The largest absolute Gasteiger partial charge is 0.481 e. The monoisotopic (exact) mass is 168 g/mol. The maximum atomic E-state index is 11.1. The Balaban J connectivity index is 2.69. The maximum absolute atomic E-state index is 11.1. The van der Waals surface area contributed by atoms with E-state index in [2.05, 4.69) is 6.58 Å². The van der Waals surface area contributed by atoms with Gasteiger partial charge in [0.2, 0.25) is 0 Å². The molecule has 0 aromatic rings. The summed E-state index contributed by atoms with van der Waals surface area (Å²) in [5.74, 6) is -1.77. The van der Waals surface area contributed by atoms with Crippen LogP contribution in [0.4, 0.5) is 0 Å². The van der Waals surface area contributed by atoms with Crippen LogP contribution in [0.25, 0.3) is 0 Å². The van der Waals surface area contributed by atoms with Gasteiger partial charge in [-0.15, -0.1) is 0 Å². The minimum Gasteiger partial charge on any atom is -0.481 e. The molecule has 1 rings (SSSR count). The van der Waals surface area contributed by atoms with E-state index in [9.17, 15) is 9.59 Å². The molecule has 1 fully saturated rings. The molecule has 3 heteroatoms. The molecule has 0 spiro atoms. The molecule has 1 aliphatic carbocycles. The smallest absolute Gasteiger partial charge is 0.307 e. The Morgan fingerprint density at radius 2 is 1.92 bits per heavy atom. The predicted octanol–water partition coefficient (Wildman–Crippen LogP) is 1.24. The van der Waals surface area contributed by atoms with Gasteiger partial charge in [0, 0.05) is 5.92 Å². The lowest BCUT2D eigenvalue weighted by Crippen LogP contribution is -2.23. The Bertz CT molecular complexity index is 220. The van der Waals surface area contributed by atoms with Crippen molar-refractivity contribution in [1.29, 1.82) is 0 Å². The molecule has 0 saturated heterocycles. The van der Waals surface area contributed by atoms with Crippen LogP contribution in [-0.4, -0.2) is 16.9 Å². The average molecular weight is 168 g/mol. The topological polar surface area (TPSA) is 54.4 Å². The molecule has 2 unspecified atom stereocenters. The Hall–Kier alpha value is -1.12. The number of carboxylic acids is 1. The number of aliphatic carboxylic acids is 1. The summed E-state index contributed by atoms with van der Waals surface area (Å²) < 4.78 is 0. The van der Waals surface area contributed by atoms with Crippen molar-refractivity contribution >= 4 is 11.8 Å². The molecular formula is C9H12O3. The van der Waals surface area contributed by atoms with Gasteiger partial charge in [-0.1, -0.05) is 13.0 Å². The first-order valence-corrected chi connectivity index (χ1v) is 4.06. The van der Waals surface area contributed by atoms with Crippen molar-refractivity contribution in [2.24, 2.45) is 11.8 Å². The summed E-state index contributed by atoms with van der Waals surface area (Å²) in [5.41, 5.74) is 0. The number of ketones is 1. The zero-order valence-corrected chi connectivity index (χ0v) is 6.82. The molecule has 1 saturated carbocycles. The lowest BCUT2D eigenvalue weighted by molar-refractivity contribution is -0.144. The summed E-state index contributed by atoms with van der Waals surface area (Å²) >= 11 is 0. The number of carbonyl (C=O) groups excluding carboxylic acids is 1. The molecule has 3 nitrogen and oxygen atoms in total. The van der Waals surface area contributed by atoms with Crippen molar-refractivity contribution in [2.75, 3.05) is 0 Å². The van der Waals surface area contributed by atoms with Crippen LogP contribution in [-0.2, 0) is 9.59 Å². The highest BCUT2D eigenvalue weighted by atomic mass is 16.4. The van der Waals surface area contributed by atoms with Gasteiger partial charge in [0.15, 0.2) is 5.78 Å². The number of rotatable bonds is 3. The Morgan fingerprint density at radius 1 is 1.33 bits per heavy atom. The minimum atomic E-state index is -0.854. The summed E-state index contributed by atoms with van der Waals surface area (Å²) in [6, 6.07) is 0. The zero-order valence-electron chi connectivity index (χ0n) is 6.82. The fraction of sp³-hybridized carbons (Fsp3) is 0.556. The van der Waals surface area contributed by atoms with Crippen molar-refractivity contribution in [3.63, 3.8) is 0 Å². The van der Waals surface area contributed by atoms with Gasteiger partial charge in [0.1, 0.15) is 0 Å².